The number of nitrogens with zero attached hydrogens (tertiary/aromatic N) is 1. The fraction of sp³-hybridized carbons (Fsp3) is 0.375. The summed E-state index contributed by atoms with van der Waals surface area (Å²) in [5.41, 5.74) is 1.93. The average molecular weight is 151 g/mol. The summed E-state index contributed by atoms with van der Waals surface area (Å²) in [4.78, 5) is 0. The third-order valence-corrected chi connectivity index (χ3v) is 1.78. The van der Waals surface area contributed by atoms with E-state index in [0.717, 1.165) is 16.9 Å². The molecule has 1 heterocycles. The van der Waals surface area contributed by atoms with Gasteiger partial charge >= 0.3 is 5.95 Å². The van der Waals surface area contributed by atoms with Gasteiger partial charge in [0.25, 0.3) is 6.26 Å². The van der Waals surface area contributed by atoms with Crippen molar-refractivity contribution in [1.29, 1.82) is 5.26 Å². The Morgan fingerprint density at radius 2 is 1.91 bits per heavy atom. The molecule has 0 radical (unpaired) electrons. The smallest absolute Gasteiger partial charge is 0.304 e. The van der Waals surface area contributed by atoms with E-state index in [1.807, 2.05) is 20.8 Å². The highest BCUT2D eigenvalue weighted by Gasteiger charge is 2.10. The van der Waals surface area contributed by atoms with E-state index in [2.05, 4.69) is 4.74 Å². The van der Waals surface area contributed by atoms with Crippen LogP contribution in [0.2, 0.25) is 0 Å². The Hall–Kier alpha value is -1.43. The van der Waals surface area contributed by atoms with Crippen LogP contribution in [0.1, 0.15) is 16.9 Å². The molecule has 0 aliphatic carbocycles. The summed E-state index contributed by atoms with van der Waals surface area (Å²) in [6, 6.07) is 0. The van der Waals surface area contributed by atoms with Crippen molar-refractivity contribution in [3.63, 3.8) is 0 Å². The molecule has 0 bridgehead atoms. The summed E-state index contributed by atoms with van der Waals surface area (Å²) in [5, 5.41) is 8.21. The van der Waals surface area contributed by atoms with E-state index in [1.165, 1.54) is 0 Å². The molecule has 0 aromatic carbocycles. The molecule has 0 saturated heterocycles. The second-order valence-corrected chi connectivity index (χ2v) is 2.39. The quantitative estimate of drug-likeness (QED) is 0.577. The van der Waals surface area contributed by atoms with Crippen molar-refractivity contribution in [3.05, 3.63) is 16.9 Å². The van der Waals surface area contributed by atoms with E-state index in [9.17, 15) is 0 Å². The molecule has 0 aliphatic rings. The summed E-state index contributed by atoms with van der Waals surface area (Å²) in [7, 11) is 0. The van der Waals surface area contributed by atoms with Gasteiger partial charge in [0.1, 0.15) is 5.76 Å². The SMILES string of the molecule is Cc1oc(OC#N)c(C)c1C. The van der Waals surface area contributed by atoms with Crippen molar-refractivity contribution < 1.29 is 9.15 Å². The highest BCUT2D eigenvalue weighted by Crippen LogP contribution is 2.26. The fourth-order valence-electron chi connectivity index (χ4n) is 0.848. The molecule has 58 valence electrons. The molecule has 0 N–H and O–H groups in total. The van der Waals surface area contributed by atoms with Crippen LogP contribution >= 0.6 is 0 Å². The zero-order chi connectivity index (χ0) is 8.43. The van der Waals surface area contributed by atoms with Crippen molar-refractivity contribution in [1.82, 2.24) is 0 Å². The lowest BCUT2D eigenvalue weighted by Crippen LogP contribution is -1.81. The maximum Gasteiger partial charge on any atom is 0.304 e. The van der Waals surface area contributed by atoms with Crippen LogP contribution in [0.4, 0.5) is 0 Å². The van der Waals surface area contributed by atoms with Gasteiger partial charge in [0, 0.05) is 5.56 Å². The zero-order valence-electron chi connectivity index (χ0n) is 6.76. The summed E-state index contributed by atoms with van der Waals surface area (Å²) in [6.45, 7) is 5.63. The van der Waals surface area contributed by atoms with Gasteiger partial charge in [-0.1, -0.05) is 0 Å². The van der Waals surface area contributed by atoms with Crippen LogP contribution in [0.3, 0.4) is 0 Å². The van der Waals surface area contributed by atoms with Crippen LogP contribution in [0, 0.1) is 32.3 Å². The minimum absolute atomic E-state index is 0.308. The van der Waals surface area contributed by atoms with Gasteiger partial charge in [-0.05, 0) is 26.3 Å². The summed E-state index contributed by atoms with van der Waals surface area (Å²) in [6.07, 6.45) is 1.57. The van der Waals surface area contributed by atoms with Crippen molar-refractivity contribution in [3.8, 4) is 12.2 Å². The normalized spacial score (nSPS) is 9.27. The molecule has 3 nitrogen and oxygen atoms in total. The molecule has 0 saturated carbocycles. The average Bonchev–Trinajstić information content (AvgIpc) is 2.19. The molecular formula is C8H9NO2. The van der Waals surface area contributed by atoms with Gasteiger partial charge < -0.3 is 9.15 Å². The first-order valence-electron chi connectivity index (χ1n) is 3.29. The second kappa shape index (κ2) is 2.67. The minimum atomic E-state index is 0.308. The number of furan rings is 1. The van der Waals surface area contributed by atoms with Gasteiger partial charge in [-0.3, -0.25) is 0 Å². The Balaban J connectivity index is 3.10. The van der Waals surface area contributed by atoms with Crippen LogP contribution < -0.4 is 4.74 Å². The van der Waals surface area contributed by atoms with Crippen LogP contribution in [-0.2, 0) is 0 Å². The van der Waals surface area contributed by atoms with Crippen LogP contribution in [-0.4, -0.2) is 0 Å². The predicted molar refractivity (Wildman–Crippen MR) is 39.2 cm³/mol. The minimum Gasteiger partial charge on any atom is -0.430 e. The third kappa shape index (κ3) is 1.20. The molecule has 1 rings (SSSR count). The van der Waals surface area contributed by atoms with Gasteiger partial charge in [0.15, 0.2) is 0 Å². The van der Waals surface area contributed by atoms with E-state index in [4.69, 9.17) is 9.68 Å². The van der Waals surface area contributed by atoms with Crippen molar-refractivity contribution >= 4 is 0 Å². The van der Waals surface area contributed by atoms with Crippen LogP contribution in [0.25, 0.3) is 0 Å². The molecule has 0 aliphatic heterocycles. The van der Waals surface area contributed by atoms with Crippen LogP contribution in [0.5, 0.6) is 5.95 Å². The Morgan fingerprint density at radius 3 is 2.27 bits per heavy atom. The monoisotopic (exact) mass is 151 g/mol. The Morgan fingerprint density at radius 1 is 1.27 bits per heavy atom. The molecule has 0 spiro atoms. The second-order valence-electron chi connectivity index (χ2n) is 2.39. The Labute approximate surface area is 65.2 Å². The first-order valence-corrected chi connectivity index (χ1v) is 3.29. The van der Waals surface area contributed by atoms with Crippen LogP contribution in [0.15, 0.2) is 4.42 Å². The fourth-order valence-corrected chi connectivity index (χ4v) is 0.848. The van der Waals surface area contributed by atoms with Gasteiger partial charge in [0.2, 0.25) is 0 Å². The van der Waals surface area contributed by atoms with Crippen molar-refractivity contribution in [2.75, 3.05) is 0 Å². The molecule has 0 atom stereocenters. The number of hydrogen-bond acceptors (Lipinski definition) is 3. The summed E-state index contributed by atoms with van der Waals surface area (Å²) < 4.78 is 9.72. The number of ether oxygens (including phenoxy) is 1. The maximum atomic E-state index is 8.21. The molecule has 1 aromatic rings. The lowest BCUT2D eigenvalue weighted by atomic mass is 10.2. The Kier molecular flexibility index (Phi) is 1.86. The van der Waals surface area contributed by atoms with Gasteiger partial charge in [-0.25, -0.2) is 0 Å². The molecule has 3 heteroatoms. The molecular weight excluding hydrogens is 142 g/mol. The lowest BCUT2D eigenvalue weighted by Gasteiger charge is -1.88. The zero-order valence-corrected chi connectivity index (χ0v) is 6.76. The van der Waals surface area contributed by atoms with E-state index in [-0.39, 0.29) is 0 Å². The molecule has 0 fully saturated rings. The van der Waals surface area contributed by atoms with E-state index in [0.29, 0.717) is 5.95 Å². The third-order valence-electron chi connectivity index (χ3n) is 1.78. The number of aryl methyl sites for hydroxylation is 1. The Bertz CT molecular complexity index is 307. The molecule has 11 heavy (non-hydrogen) atoms. The van der Waals surface area contributed by atoms with Crippen molar-refractivity contribution in [2.45, 2.75) is 20.8 Å². The lowest BCUT2D eigenvalue weighted by molar-refractivity contribution is 0.347. The first kappa shape index (κ1) is 7.67. The first-order chi connectivity index (χ1) is 5.16. The standard InChI is InChI=1S/C8H9NO2/c1-5-6(2)8(10-4-9)11-7(5)3/h1-3H3. The van der Waals surface area contributed by atoms with Gasteiger partial charge in [-0.2, -0.15) is 0 Å². The maximum absolute atomic E-state index is 8.21. The summed E-state index contributed by atoms with van der Waals surface area (Å²) in [5.74, 6) is 1.11. The van der Waals surface area contributed by atoms with Gasteiger partial charge in [-0.15, -0.1) is 5.26 Å². The molecule has 0 amide bonds. The number of hydrogen-bond donors (Lipinski definition) is 0. The van der Waals surface area contributed by atoms with Crippen molar-refractivity contribution in [2.24, 2.45) is 0 Å². The number of nitriles is 1. The van der Waals surface area contributed by atoms with E-state index >= 15 is 0 Å². The molecule has 1 aromatic heterocycles. The van der Waals surface area contributed by atoms with E-state index < -0.39 is 0 Å². The van der Waals surface area contributed by atoms with Gasteiger partial charge in [0.05, 0.1) is 0 Å². The predicted octanol–water partition coefficient (Wildman–Crippen LogP) is 2.06. The largest absolute Gasteiger partial charge is 0.430 e. The topological polar surface area (TPSA) is 46.2 Å². The van der Waals surface area contributed by atoms with E-state index in [1.54, 1.807) is 6.26 Å². The highest BCUT2D eigenvalue weighted by molar-refractivity contribution is 5.34. The summed E-state index contributed by atoms with van der Waals surface area (Å²) >= 11 is 0. The molecule has 0 unspecified atom stereocenters. The number of rotatable bonds is 1. The highest BCUT2D eigenvalue weighted by atomic mass is 16.6.